The Morgan fingerprint density at radius 1 is 1.47 bits per heavy atom. The van der Waals surface area contributed by atoms with Crippen molar-refractivity contribution in [1.82, 2.24) is 5.32 Å². The van der Waals surface area contributed by atoms with Crippen LogP contribution in [0.1, 0.15) is 10.4 Å². The van der Waals surface area contributed by atoms with Gasteiger partial charge < -0.3 is 10.4 Å². The number of hydrogen-bond acceptors (Lipinski definition) is 3. The summed E-state index contributed by atoms with van der Waals surface area (Å²) in [5.74, 6) is -2.29. The molecule has 92 valence electrons. The molecule has 1 amide bonds. The van der Waals surface area contributed by atoms with Gasteiger partial charge in [-0.25, -0.2) is 9.18 Å². The van der Waals surface area contributed by atoms with Gasteiger partial charge in [0.25, 0.3) is 5.91 Å². The molecule has 2 N–H and O–H groups in total. The zero-order chi connectivity index (χ0) is 12.8. The van der Waals surface area contributed by atoms with Gasteiger partial charge in [-0.2, -0.15) is 11.8 Å². The fourth-order valence-corrected chi connectivity index (χ4v) is 1.78. The molecule has 0 spiro atoms. The third-order valence-electron chi connectivity index (χ3n) is 2.06. The molecule has 0 fully saturated rings. The van der Waals surface area contributed by atoms with E-state index in [0.29, 0.717) is 0 Å². The van der Waals surface area contributed by atoms with Gasteiger partial charge in [0.2, 0.25) is 0 Å². The van der Waals surface area contributed by atoms with Gasteiger partial charge in [-0.05, 0) is 18.4 Å². The Hall–Kier alpha value is -1.56. The van der Waals surface area contributed by atoms with Gasteiger partial charge in [0, 0.05) is 5.75 Å². The lowest BCUT2D eigenvalue weighted by Gasteiger charge is -2.13. The van der Waals surface area contributed by atoms with Crippen LogP contribution in [0.3, 0.4) is 0 Å². The first-order chi connectivity index (χ1) is 8.06. The van der Waals surface area contributed by atoms with Crippen LogP contribution >= 0.6 is 11.8 Å². The molecule has 1 aromatic carbocycles. The maximum absolute atomic E-state index is 13.3. The van der Waals surface area contributed by atoms with Crippen molar-refractivity contribution in [1.29, 1.82) is 0 Å². The summed E-state index contributed by atoms with van der Waals surface area (Å²) in [5, 5.41) is 11.1. The molecule has 17 heavy (non-hydrogen) atoms. The smallest absolute Gasteiger partial charge is 0.327 e. The monoisotopic (exact) mass is 257 g/mol. The molecule has 1 unspecified atom stereocenters. The van der Waals surface area contributed by atoms with Crippen molar-refractivity contribution in [2.45, 2.75) is 6.04 Å². The normalized spacial score (nSPS) is 11.9. The molecule has 1 atom stereocenters. The van der Waals surface area contributed by atoms with Crippen LogP contribution in [0, 0.1) is 5.82 Å². The van der Waals surface area contributed by atoms with Crippen LogP contribution in [0.25, 0.3) is 0 Å². The predicted molar refractivity (Wildman–Crippen MR) is 63.7 cm³/mol. The van der Waals surface area contributed by atoms with E-state index in [2.05, 4.69) is 5.32 Å². The zero-order valence-electron chi connectivity index (χ0n) is 9.14. The number of rotatable bonds is 5. The van der Waals surface area contributed by atoms with Crippen LogP contribution in [-0.4, -0.2) is 35.0 Å². The van der Waals surface area contributed by atoms with Gasteiger partial charge in [0.05, 0.1) is 5.56 Å². The molecule has 4 nitrogen and oxygen atoms in total. The Kier molecular flexibility index (Phi) is 4.96. The van der Waals surface area contributed by atoms with Crippen LogP contribution < -0.4 is 5.32 Å². The number of amides is 1. The second-order valence-corrected chi connectivity index (χ2v) is 4.21. The van der Waals surface area contributed by atoms with Gasteiger partial charge >= 0.3 is 5.97 Å². The minimum atomic E-state index is -1.14. The summed E-state index contributed by atoms with van der Waals surface area (Å²) in [4.78, 5) is 22.5. The summed E-state index contributed by atoms with van der Waals surface area (Å²) in [5.41, 5.74) is -0.153. The summed E-state index contributed by atoms with van der Waals surface area (Å²) < 4.78 is 13.3. The van der Waals surface area contributed by atoms with Crippen LogP contribution in [0.4, 0.5) is 4.39 Å². The summed E-state index contributed by atoms with van der Waals surface area (Å²) in [7, 11) is 0. The fraction of sp³-hybridized carbons (Fsp3) is 0.273. The molecule has 0 radical (unpaired) electrons. The molecular weight excluding hydrogens is 245 g/mol. The number of benzene rings is 1. The number of carbonyl (C=O) groups excluding carboxylic acids is 1. The van der Waals surface area contributed by atoms with E-state index in [0.717, 1.165) is 6.07 Å². The Bertz CT molecular complexity index is 425. The van der Waals surface area contributed by atoms with Crippen molar-refractivity contribution < 1.29 is 19.1 Å². The van der Waals surface area contributed by atoms with Crippen LogP contribution in [0.2, 0.25) is 0 Å². The minimum Gasteiger partial charge on any atom is -0.480 e. The molecule has 0 aliphatic carbocycles. The molecule has 1 rings (SSSR count). The maximum Gasteiger partial charge on any atom is 0.327 e. The molecule has 6 heteroatoms. The van der Waals surface area contributed by atoms with Crippen molar-refractivity contribution in [2.75, 3.05) is 12.0 Å². The van der Waals surface area contributed by atoms with Crippen molar-refractivity contribution in [3.05, 3.63) is 35.6 Å². The first-order valence-electron chi connectivity index (χ1n) is 4.83. The van der Waals surface area contributed by atoms with Gasteiger partial charge in [-0.3, -0.25) is 4.79 Å². The van der Waals surface area contributed by atoms with Crippen molar-refractivity contribution in [3.63, 3.8) is 0 Å². The van der Waals surface area contributed by atoms with Crippen LogP contribution in [-0.2, 0) is 4.79 Å². The van der Waals surface area contributed by atoms with Gasteiger partial charge in [0.1, 0.15) is 11.9 Å². The number of carboxylic acids is 1. The van der Waals surface area contributed by atoms with Crippen molar-refractivity contribution in [2.24, 2.45) is 0 Å². The van der Waals surface area contributed by atoms with E-state index in [1.54, 1.807) is 6.26 Å². The van der Waals surface area contributed by atoms with E-state index < -0.39 is 23.7 Å². The second-order valence-electron chi connectivity index (χ2n) is 3.30. The number of thioether (sulfide) groups is 1. The minimum absolute atomic E-state index is 0.153. The molecule has 0 bridgehead atoms. The number of aliphatic carboxylic acids is 1. The van der Waals surface area contributed by atoms with E-state index in [4.69, 9.17) is 5.11 Å². The molecule has 1 aromatic rings. The fourth-order valence-electron chi connectivity index (χ4n) is 1.22. The quantitative estimate of drug-likeness (QED) is 0.836. The lowest BCUT2D eigenvalue weighted by atomic mass is 10.2. The van der Waals surface area contributed by atoms with Crippen LogP contribution in [0.5, 0.6) is 0 Å². The zero-order valence-corrected chi connectivity index (χ0v) is 9.96. The molecule has 0 heterocycles. The first kappa shape index (κ1) is 13.5. The maximum atomic E-state index is 13.3. The predicted octanol–water partition coefficient (Wildman–Crippen LogP) is 1.37. The average molecular weight is 257 g/mol. The molecule has 0 aliphatic heterocycles. The van der Waals surface area contributed by atoms with Crippen LogP contribution in [0.15, 0.2) is 24.3 Å². The molecule has 0 saturated carbocycles. The number of halogens is 1. The third kappa shape index (κ3) is 3.74. The Morgan fingerprint density at radius 3 is 2.65 bits per heavy atom. The lowest BCUT2D eigenvalue weighted by Crippen LogP contribution is -2.42. The van der Waals surface area contributed by atoms with Crippen molar-refractivity contribution in [3.8, 4) is 0 Å². The van der Waals surface area contributed by atoms with Gasteiger partial charge in [-0.1, -0.05) is 12.1 Å². The Balaban J connectivity index is 2.77. The highest BCUT2D eigenvalue weighted by atomic mass is 32.2. The SMILES string of the molecule is CSCC(NC(=O)c1ccccc1F)C(=O)O. The average Bonchev–Trinajstić information content (AvgIpc) is 2.28. The number of carbonyl (C=O) groups is 2. The first-order valence-corrected chi connectivity index (χ1v) is 6.22. The van der Waals surface area contributed by atoms with Gasteiger partial charge in [-0.15, -0.1) is 0 Å². The highest BCUT2D eigenvalue weighted by Crippen LogP contribution is 2.07. The van der Waals surface area contributed by atoms with Gasteiger partial charge in [0.15, 0.2) is 0 Å². The molecular formula is C11H12FNO3S. The van der Waals surface area contributed by atoms with E-state index >= 15 is 0 Å². The summed E-state index contributed by atoms with van der Waals surface area (Å²) in [6, 6.07) is 4.42. The van der Waals surface area contributed by atoms with E-state index in [1.165, 1.54) is 30.0 Å². The number of hydrogen-bond donors (Lipinski definition) is 2. The van der Waals surface area contributed by atoms with E-state index in [-0.39, 0.29) is 11.3 Å². The Morgan fingerprint density at radius 2 is 2.12 bits per heavy atom. The van der Waals surface area contributed by atoms with E-state index in [1.807, 2.05) is 0 Å². The summed E-state index contributed by atoms with van der Waals surface area (Å²) in [6.07, 6.45) is 1.73. The van der Waals surface area contributed by atoms with Crippen molar-refractivity contribution >= 4 is 23.6 Å². The molecule has 0 aromatic heterocycles. The lowest BCUT2D eigenvalue weighted by molar-refractivity contribution is -0.138. The third-order valence-corrected chi connectivity index (χ3v) is 2.72. The van der Waals surface area contributed by atoms with E-state index in [9.17, 15) is 14.0 Å². The highest BCUT2D eigenvalue weighted by Gasteiger charge is 2.21. The largest absolute Gasteiger partial charge is 0.480 e. The number of nitrogens with one attached hydrogen (secondary N) is 1. The number of carboxylic acid groups (broad SMARTS) is 1. The highest BCUT2D eigenvalue weighted by molar-refractivity contribution is 7.98. The second kappa shape index (κ2) is 6.24. The summed E-state index contributed by atoms with van der Waals surface area (Å²) >= 11 is 1.29. The standard InChI is InChI=1S/C11H12FNO3S/c1-17-6-9(11(15)16)13-10(14)7-4-2-3-5-8(7)12/h2-5,9H,6H2,1H3,(H,13,14)(H,15,16). The summed E-state index contributed by atoms with van der Waals surface area (Å²) in [6.45, 7) is 0. The Labute approximate surface area is 102 Å². The molecule has 0 aliphatic rings. The molecule has 0 saturated heterocycles. The topological polar surface area (TPSA) is 66.4 Å².